The number of hydrogen-bond acceptors (Lipinski definition) is 8. The quantitative estimate of drug-likeness (QED) is 0.125. The van der Waals surface area contributed by atoms with Crippen molar-refractivity contribution in [2.45, 2.75) is 33.4 Å². The van der Waals surface area contributed by atoms with E-state index in [1.165, 1.54) is 13.3 Å². The van der Waals surface area contributed by atoms with Crippen LogP contribution in [0.5, 0.6) is 17.2 Å². The number of ether oxygens (including phenoxy) is 4. The SMILES string of the molecule is CCOC(=O)C1=C(C)NC(=O)N[C@H]1c1ccc(OCC(=O)N/N=C\c2cc(Cl)c(OCc3cccc(C)c3)c(Br)c2)c(OC)c1. The highest BCUT2D eigenvalue weighted by Gasteiger charge is 2.32. The zero-order chi connectivity index (χ0) is 32.5. The number of aryl methyl sites for hydroxylation is 1. The Labute approximate surface area is 274 Å². The van der Waals surface area contributed by atoms with E-state index in [1.54, 1.807) is 44.2 Å². The van der Waals surface area contributed by atoms with E-state index in [-0.39, 0.29) is 24.5 Å². The number of benzene rings is 3. The Morgan fingerprint density at radius 3 is 2.60 bits per heavy atom. The van der Waals surface area contributed by atoms with Crippen LogP contribution in [0.3, 0.4) is 0 Å². The molecule has 4 rings (SSSR count). The lowest BCUT2D eigenvalue weighted by atomic mass is 9.95. The number of methoxy groups -OCH3 is 1. The van der Waals surface area contributed by atoms with Crippen LogP contribution >= 0.6 is 27.5 Å². The van der Waals surface area contributed by atoms with Crippen LogP contribution in [0.1, 0.15) is 42.1 Å². The maximum absolute atomic E-state index is 12.6. The molecule has 1 atom stereocenters. The van der Waals surface area contributed by atoms with Gasteiger partial charge in [0.1, 0.15) is 6.61 Å². The molecule has 3 aromatic rings. The van der Waals surface area contributed by atoms with Crippen molar-refractivity contribution in [3.05, 3.63) is 97.6 Å². The summed E-state index contributed by atoms with van der Waals surface area (Å²) in [6.07, 6.45) is 1.44. The number of carbonyl (C=O) groups excluding carboxylic acids is 3. The number of esters is 1. The number of rotatable bonds is 12. The minimum atomic E-state index is -0.777. The molecule has 0 spiro atoms. The van der Waals surface area contributed by atoms with Crippen molar-refractivity contribution >= 4 is 51.7 Å². The first-order valence-electron chi connectivity index (χ1n) is 13.8. The summed E-state index contributed by atoms with van der Waals surface area (Å²) in [6, 6.07) is 15.1. The van der Waals surface area contributed by atoms with E-state index in [9.17, 15) is 14.4 Å². The van der Waals surface area contributed by atoms with E-state index in [4.69, 9.17) is 30.5 Å². The third-order valence-corrected chi connectivity index (χ3v) is 7.40. The van der Waals surface area contributed by atoms with Crippen LogP contribution in [-0.4, -0.2) is 44.4 Å². The van der Waals surface area contributed by atoms with Crippen molar-refractivity contribution in [3.63, 3.8) is 0 Å². The molecule has 236 valence electrons. The maximum atomic E-state index is 12.6. The van der Waals surface area contributed by atoms with Gasteiger partial charge in [0.15, 0.2) is 23.9 Å². The molecule has 0 fully saturated rings. The van der Waals surface area contributed by atoms with Gasteiger partial charge in [-0.05, 0) is 77.7 Å². The summed E-state index contributed by atoms with van der Waals surface area (Å²) in [6.45, 7) is 5.52. The summed E-state index contributed by atoms with van der Waals surface area (Å²) >= 11 is 9.93. The number of halogens is 2. The molecule has 11 nitrogen and oxygen atoms in total. The lowest BCUT2D eigenvalue weighted by molar-refractivity contribution is -0.139. The van der Waals surface area contributed by atoms with Crippen LogP contribution in [0.25, 0.3) is 0 Å². The fraction of sp³-hybridized carbons (Fsp3) is 0.250. The molecule has 3 N–H and O–H groups in total. The van der Waals surface area contributed by atoms with Crippen LogP contribution in [0.15, 0.2) is 75.4 Å². The molecule has 1 aliphatic heterocycles. The first-order chi connectivity index (χ1) is 21.6. The molecule has 3 aromatic carbocycles. The molecule has 0 unspecified atom stereocenters. The summed E-state index contributed by atoms with van der Waals surface area (Å²) < 4.78 is 22.8. The maximum Gasteiger partial charge on any atom is 0.338 e. The van der Waals surface area contributed by atoms with Gasteiger partial charge >= 0.3 is 12.0 Å². The van der Waals surface area contributed by atoms with E-state index < -0.39 is 23.9 Å². The van der Waals surface area contributed by atoms with Crippen LogP contribution in [0, 0.1) is 6.92 Å². The number of urea groups is 1. The highest BCUT2D eigenvalue weighted by Crippen LogP contribution is 2.36. The van der Waals surface area contributed by atoms with Gasteiger partial charge < -0.3 is 29.6 Å². The average Bonchev–Trinajstić information content (AvgIpc) is 2.99. The van der Waals surface area contributed by atoms with E-state index in [0.717, 1.165) is 11.1 Å². The van der Waals surface area contributed by atoms with Crippen LogP contribution < -0.4 is 30.3 Å². The molecular weight excluding hydrogens is 668 g/mol. The Balaban J connectivity index is 1.36. The molecule has 1 aliphatic rings. The van der Waals surface area contributed by atoms with Gasteiger partial charge in [-0.1, -0.05) is 47.5 Å². The van der Waals surface area contributed by atoms with Crippen molar-refractivity contribution in [1.29, 1.82) is 0 Å². The van der Waals surface area contributed by atoms with Gasteiger partial charge in [-0.15, -0.1) is 0 Å². The van der Waals surface area contributed by atoms with Crippen molar-refractivity contribution in [2.24, 2.45) is 5.10 Å². The minimum Gasteiger partial charge on any atom is -0.493 e. The average molecular weight is 700 g/mol. The molecular formula is C32H32BrClN4O7. The molecule has 45 heavy (non-hydrogen) atoms. The van der Waals surface area contributed by atoms with E-state index >= 15 is 0 Å². The summed E-state index contributed by atoms with van der Waals surface area (Å²) in [4.78, 5) is 37.2. The zero-order valence-corrected chi connectivity index (χ0v) is 27.4. The van der Waals surface area contributed by atoms with Gasteiger partial charge in [0.05, 0.1) is 41.0 Å². The normalized spacial score (nSPS) is 14.4. The van der Waals surface area contributed by atoms with Crippen LogP contribution in [0.4, 0.5) is 4.79 Å². The zero-order valence-electron chi connectivity index (χ0n) is 25.0. The largest absolute Gasteiger partial charge is 0.493 e. The Hall–Kier alpha value is -4.55. The van der Waals surface area contributed by atoms with E-state index in [2.05, 4.69) is 37.1 Å². The monoisotopic (exact) mass is 698 g/mol. The second-order valence-electron chi connectivity index (χ2n) is 9.87. The molecule has 1 heterocycles. The number of carbonyl (C=O) groups is 3. The number of hydrogen-bond donors (Lipinski definition) is 3. The topological polar surface area (TPSA) is 137 Å². The summed E-state index contributed by atoms with van der Waals surface area (Å²) in [7, 11) is 1.44. The van der Waals surface area contributed by atoms with Gasteiger partial charge in [-0.2, -0.15) is 5.10 Å². The number of allylic oxidation sites excluding steroid dienone is 1. The standard InChI is InChI=1S/C32H32BrClN4O7/c1-5-43-31(40)28-19(3)36-32(41)37-29(28)22-9-10-25(26(14-22)42-4)44-17-27(39)38-35-15-21-12-23(33)30(24(34)13-21)45-16-20-8-6-7-18(2)11-20/h6-15,29H,5,16-17H2,1-4H3,(H,38,39)(H2,36,37,41)/b35-15-/t29-/m0/s1. The lowest BCUT2D eigenvalue weighted by Gasteiger charge is -2.28. The third kappa shape index (κ3) is 8.77. The third-order valence-electron chi connectivity index (χ3n) is 6.53. The van der Waals surface area contributed by atoms with Gasteiger partial charge in [0.2, 0.25) is 0 Å². The van der Waals surface area contributed by atoms with Gasteiger partial charge in [0.25, 0.3) is 5.91 Å². The molecule has 0 saturated heterocycles. The Bertz CT molecular complexity index is 1640. The predicted octanol–water partition coefficient (Wildman–Crippen LogP) is 5.72. The Morgan fingerprint density at radius 1 is 1.09 bits per heavy atom. The predicted molar refractivity (Wildman–Crippen MR) is 173 cm³/mol. The number of nitrogens with zero attached hydrogens (tertiary/aromatic N) is 1. The van der Waals surface area contributed by atoms with Crippen molar-refractivity contribution < 1.29 is 33.3 Å². The number of hydrazone groups is 1. The van der Waals surface area contributed by atoms with Crippen molar-refractivity contribution in [3.8, 4) is 17.2 Å². The molecule has 3 amide bonds. The van der Waals surface area contributed by atoms with Gasteiger partial charge in [-0.25, -0.2) is 15.0 Å². The van der Waals surface area contributed by atoms with Crippen molar-refractivity contribution in [1.82, 2.24) is 16.1 Å². The Morgan fingerprint density at radius 2 is 1.89 bits per heavy atom. The van der Waals surface area contributed by atoms with Crippen LogP contribution in [0.2, 0.25) is 5.02 Å². The lowest BCUT2D eigenvalue weighted by Crippen LogP contribution is -2.45. The number of nitrogens with one attached hydrogen (secondary N) is 3. The smallest absolute Gasteiger partial charge is 0.338 e. The molecule has 0 saturated carbocycles. The van der Waals surface area contributed by atoms with Crippen molar-refractivity contribution in [2.75, 3.05) is 20.3 Å². The highest BCUT2D eigenvalue weighted by molar-refractivity contribution is 9.10. The molecule has 0 aromatic heterocycles. The first-order valence-corrected chi connectivity index (χ1v) is 15.0. The van der Waals surface area contributed by atoms with E-state index in [0.29, 0.717) is 44.4 Å². The highest BCUT2D eigenvalue weighted by atomic mass is 79.9. The fourth-order valence-electron chi connectivity index (χ4n) is 4.51. The molecule has 13 heteroatoms. The molecule has 0 radical (unpaired) electrons. The van der Waals surface area contributed by atoms with Gasteiger partial charge in [-0.3, -0.25) is 4.79 Å². The van der Waals surface area contributed by atoms with E-state index in [1.807, 2.05) is 31.2 Å². The summed E-state index contributed by atoms with van der Waals surface area (Å²) in [5.74, 6) is -0.00774. The first kappa shape index (κ1) is 33.3. The number of amides is 3. The summed E-state index contributed by atoms with van der Waals surface area (Å²) in [5.41, 5.74) is 6.41. The summed E-state index contributed by atoms with van der Waals surface area (Å²) in [5, 5.41) is 9.69. The molecule has 0 bridgehead atoms. The van der Waals surface area contributed by atoms with Crippen LogP contribution in [-0.2, 0) is 20.9 Å². The minimum absolute atomic E-state index is 0.181. The second-order valence-corrected chi connectivity index (χ2v) is 11.1. The molecule has 0 aliphatic carbocycles. The fourth-order valence-corrected chi connectivity index (χ4v) is 5.50. The second kappa shape index (κ2) is 15.4. The Kier molecular flexibility index (Phi) is 11.4. The van der Waals surface area contributed by atoms with Gasteiger partial charge in [0, 0.05) is 5.70 Å².